The van der Waals surface area contributed by atoms with Gasteiger partial charge in [-0.3, -0.25) is 9.79 Å². The summed E-state index contributed by atoms with van der Waals surface area (Å²) in [6.07, 6.45) is 0.894. The summed E-state index contributed by atoms with van der Waals surface area (Å²) in [6.45, 7) is 7.51. The fourth-order valence-corrected chi connectivity index (χ4v) is 1.27. The smallest absolute Gasteiger partial charge is 0.239 e. The number of methoxy groups -OCH3 is 1. The Hall–Kier alpha value is -0.570. The molecule has 0 aromatic heterocycles. The summed E-state index contributed by atoms with van der Waals surface area (Å²) in [5.41, 5.74) is -0.214. The number of hydrogen-bond acceptors (Lipinski definition) is 3. The van der Waals surface area contributed by atoms with Crippen LogP contribution in [0.25, 0.3) is 0 Å². The Labute approximate surface area is 133 Å². The first-order valence-electron chi connectivity index (χ1n) is 6.13. The van der Waals surface area contributed by atoms with E-state index >= 15 is 0 Å². The first-order valence-corrected chi connectivity index (χ1v) is 6.13. The lowest BCUT2D eigenvalue weighted by atomic mass is 10.1. The number of aliphatic imine (C=N–C) groups is 1. The van der Waals surface area contributed by atoms with Crippen molar-refractivity contribution in [1.82, 2.24) is 16.0 Å². The zero-order valence-electron chi connectivity index (χ0n) is 12.5. The molecule has 7 heteroatoms. The molecule has 0 saturated carbocycles. The quantitative estimate of drug-likeness (QED) is 0.272. The van der Waals surface area contributed by atoms with Gasteiger partial charge in [-0.2, -0.15) is 0 Å². The van der Waals surface area contributed by atoms with Crippen molar-refractivity contribution in [2.24, 2.45) is 4.99 Å². The highest BCUT2D eigenvalue weighted by Gasteiger charge is 2.13. The van der Waals surface area contributed by atoms with Crippen LogP contribution >= 0.6 is 24.0 Å². The summed E-state index contributed by atoms with van der Waals surface area (Å²) < 4.78 is 4.95. The van der Waals surface area contributed by atoms with Gasteiger partial charge in [0.1, 0.15) is 0 Å². The summed E-state index contributed by atoms with van der Waals surface area (Å²) in [5, 5.41) is 8.93. The van der Waals surface area contributed by atoms with Gasteiger partial charge in [0.25, 0.3) is 0 Å². The van der Waals surface area contributed by atoms with Crippen LogP contribution in [0.15, 0.2) is 4.99 Å². The van der Waals surface area contributed by atoms with E-state index in [1.165, 1.54) is 0 Å². The maximum Gasteiger partial charge on any atom is 0.239 e. The van der Waals surface area contributed by atoms with Crippen LogP contribution in [0.1, 0.15) is 27.2 Å². The molecule has 0 atom stereocenters. The van der Waals surface area contributed by atoms with Crippen molar-refractivity contribution in [3.8, 4) is 0 Å². The largest absolute Gasteiger partial charge is 0.385 e. The van der Waals surface area contributed by atoms with Gasteiger partial charge in [-0.25, -0.2) is 0 Å². The molecular formula is C12H27IN4O2. The Kier molecular flexibility index (Phi) is 12.3. The third-order valence-corrected chi connectivity index (χ3v) is 1.97. The van der Waals surface area contributed by atoms with Gasteiger partial charge >= 0.3 is 0 Å². The standard InChI is InChI=1S/C12H26N4O2.HI/c1-12(2,3)16-10(17)9-15-11(13-4)14-7-6-8-18-5;/h6-9H2,1-5H3,(H,16,17)(H2,13,14,15);1H. The van der Waals surface area contributed by atoms with Gasteiger partial charge in [-0.1, -0.05) is 0 Å². The van der Waals surface area contributed by atoms with E-state index in [1.807, 2.05) is 20.8 Å². The molecule has 0 spiro atoms. The lowest BCUT2D eigenvalue weighted by Gasteiger charge is -2.21. The lowest BCUT2D eigenvalue weighted by molar-refractivity contribution is -0.121. The molecular weight excluding hydrogens is 359 g/mol. The van der Waals surface area contributed by atoms with E-state index in [4.69, 9.17) is 4.74 Å². The maximum absolute atomic E-state index is 11.6. The monoisotopic (exact) mass is 386 g/mol. The summed E-state index contributed by atoms with van der Waals surface area (Å²) >= 11 is 0. The van der Waals surface area contributed by atoms with Crippen molar-refractivity contribution < 1.29 is 9.53 Å². The molecule has 0 fully saturated rings. The number of halogens is 1. The number of hydrogen-bond donors (Lipinski definition) is 3. The molecule has 0 radical (unpaired) electrons. The molecule has 0 bridgehead atoms. The molecule has 0 rings (SSSR count). The second-order valence-electron chi connectivity index (χ2n) is 5.00. The topological polar surface area (TPSA) is 74.8 Å². The molecule has 0 aliphatic carbocycles. The highest BCUT2D eigenvalue weighted by Crippen LogP contribution is 1.96. The Balaban J connectivity index is 0. The lowest BCUT2D eigenvalue weighted by Crippen LogP contribution is -2.48. The SMILES string of the molecule is CN=C(NCCCOC)NCC(=O)NC(C)(C)C.I. The zero-order valence-corrected chi connectivity index (χ0v) is 14.8. The van der Waals surface area contributed by atoms with E-state index in [2.05, 4.69) is 20.9 Å². The summed E-state index contributed by atoms with van der Waals surface area (Å²) in [6, 6.07) is 0. The minimum atomic E-state index is -0.214. The average molecular weight is 386 g/mol. The fourth-order valence-electron chi connectivity index (χ4n) is 1.27. The number of amides is 1. The predicted octanol–water partition coefficient (Wildman–Crippen LogP) is 0.721. The Bertz CT molecular complexity index is 277. The van der Waals surface area contributed by atoms with Crippen molar-refractivity contribution in [2.45, 2.75) is 32.7 Å². The van der Waals surface area contributed by atoms with Gasteiger partial charge < -0.3 is 20.7 Å². The van der Waals surface area contributed by atoms with Crippen LogP contribution < -0.4 is 16.0 Å². The molecule has 114 valence electrons. The molecule has 0 aliphatic heterocycles. The maximum atomic E-state index is 11.6. The van der Waals surface area contributed by atoms with Crippen LogP contribution in [0, 0.1) is 0 Å². The molecule has 1 amide bonds. The normalized spacial score (nSPS) is 11.5. The van der Waals surface area contributed by atoms with Crippen molar-refractivity contribution in [2.75, 3.05) is 33.9 Å². The van der Waals surface area contributed by atoms with E-state index in [0.29, 0.717) is 12.6 Å². The number of carbonyl (C=O) groups is 1. The number of carbonyl (C=O) groups excluding carboxylic acids is 1. The first-order chi connectivity index (χ1) is 8.39. The molecule has 3 N–H and O–H groups in total. The molecule has 19 heavy (non-hydrogen) atoms. The Morgan fingerprint density at radius 1 is 1.26 bits per heavy atom. The van der Waals surface area contributed by atoms with Crippen LogP contribution in [-0.2, 0) is 9.53 Å². The minimum Gasteiger partial charge on any atom is -0.385 e. The number of ether oxygens (including phenoxy) is 1. The molecule has 0 aromatic rings. The van der Waals surface area contributed by atoms with Gasteiger partial charge in [0.2, 0.25) is 5.91 Å². The summed E-state index contributed by atoms with van der Waals surface area (Å²) in [7, 11) is 3.34. The second-order valence-corrected chi connectivity index (χ2v) is 5.00. The Morgan fingerprint density at radius 2 is 1.89 bits per heavy atom. The predicted molar refractivity (Wildman–Crippen MR) is 89.2 cm³/mol. The van der Waals surface area contributed by atoms with Crippen molar-refractivity contribution in [1.29, 1.82) is 0 Å². The van der Waals surface area contributed by atoms with E-state index in [-0.39, 0.29) is 42.0 Å². The fraction of sp³-hybridized carbons (Fsp3) is 0.833. The molecule has 0 unspecified atom stereocenters. The van der Waals surface area contributed by atoms with Crippen molar-refractivity contribution in [3.05, 3.63) is 0 Å². The zero-order chi connectivity index (χ0) is 14.0. The third-order valence-electron chi connectivity index (χ3n) is 1.97. The summed E-state index contributed by atoms with van der Waals surface area (Å²) in [5.74, 6) is 0.567. The van der Waals surface area contributed by atoms with E-state index in [1.54, 1.807) is 14.2 Å². The third kappa shape index (κ3) is 13.7. The summed E-state index contributed by atoms with van der Waals surface area (Å²) in [4.78, 5) is 15.6. The van der Waals surface area contributed by atoms with Crippen LogP contribution in [0.3, 0.4) is 0 Å². The van der Waals surface area contributed by atoms with Gasteiger partial charge in [0, 0.05) is 32.8 Å². The minimum absolute atomic E-state index is 0. The van der Waals surface area contributed by atoms with Crippen LogP contribution in [0.5, 0.6) is 0 Å². The molecule has 0 heterocycles. The van der Waals surface area contributed by atoms with E-state index in [0.717, 1.165) is 13.0 Å². The van der Waals surface area contributed by atoms with E-state index in [9.17, 15) is 4.79 Å². The second kappa shape index (κ2) is 11.3. The molecule has 0 aromatic carbocycles. The van der Waals surface area contributed by atoms with Crippen molar-refractivity contribution >= 4 is 35.8 Å². The highest BCUT2D eigenvalue weighted by atomic mass is 127. The van der Waals surface area contributed by atoms with Gasteiger partial charge in [-0.15, -0.1) is 24.0 Å². The number of nitrogens with one attached hydrogen (secondary N) is 3. The number of rotatable bonds is 6. The van der Waals surface area contributed by atoms with Crippen LogP contribution in [-0.4, -0.2) is 51.3 Å². The molecule has 0 saturated heterocycles. The van der Waals surface area contributed by atoms with Gasteiger partial charge in [-0.05, 0) is 27.2 Å². The van der Waals surface area contributed by atoms with Crippen LogP contribution in [0.2, 0.25) is 0 Å². The number of nitrogens with zero attached hydrogens (tertiary/aromatic N) is 1. The molecule has 6 nitrogen and oxygen atoms in total. The van der Waals surface area contributed by atoms with E-state index < -0.39 is 0 Å². The van der Waals surface area contributed by atoms with Crippen LogP contribution in [0.4, 0.5) is 0 Å². The van der Waals surface area contributed by atoms with Gasteiger partial charge in [0.05, 0.1) is 6.54 Å². The van der Waals surface area contributed by atoms with Crippen molar-refractivity contribution in [3.63, 3.8) is 0 Å². The van der Waals surface area contributed by atoms with Gasteiger partial charge in [0.15, 0.2) is 5.96 Å². The average Bonchev–Trinajstić information content (AvgIpc) is 2.26. The first kappa shape index (κ1) is 20.7. The number of guanidine groups is 1. The Morgan fingerprint density at radius 3 is 2.37 bits per heavy atom. The molecule has 0 aliphatic rings. The highest BCUT2D eigenvalue weighted by molar-refractivity contribution is 14.0.